The summed E-state index contributed by atoms with van der Waals surface area (Å²) in [5, 5.41) is 2.61. The molecule has 0 radical (unpaired) electrons. The lowest BCUT2D eigenvalue weighted by molar-refractivity contribution is 0.0503. The van der Waals surface area contributed by atoms with Crippen LogP contribution in [0.25, 0.3) is 0 Å². The van der Waals surface area contributed by atoms with Gasteiger partial charge < -0.3 is 10.1 Å². The molecule has 196 valence electrons. The van der Waals surface area contributed by atoms with Gasteiger partial charge in [0.05, 0.1) is 21.9 Å². The van der Waals surface area contributed by atoms with Crippen molar-refractivity contribution in [3.8, 4) is 0 Å². The molecule has 10 nitrogen and oxygen atoms in total. The number of carbonyl (C=O) groups is 2. The average Bonchev–Trinajstić information content (AvgIpc) is 3.43. The predicted molar refractivity (Wildman–Crippen MR) is 134 cm³/mol. The molecular weight excluding hydrogens is 506 g/mol. The van der Waals surface area contributed by atoms with Crippen molar-refractivity contribution >= 4 is 31.9 Å². The van der Waals surface area contributed by atoms with E-state index in [1.54, 1.807) is 13.8 Å². The summed E-state index contributed by atoms with van der Waals surface area (Å²) in [5.74, 6) is -1.07. The van der Waals surface area contributed by atoms with Gasteiger partial charge in [-0.25, -0.2) is 21.6 Å². The molecular formula is C24H31N3O7S2. The van der Waals surface area contributed by atoms with Crippen molar-refractivity contribution in [1.29, 1.82) is 0 Å². The third kappa shape index (κ3) is 6.30. The van der Waals surface area contributed by atoms with E-state index in [4.69, 9.17) is 4.74 Å². The molecule has 2 aromatic carbocycles. The van der Waals surface area contributed by atoms with Crippen LogP contribution in [0.1, 0.15) is 47.4 Å². The van der Waals surface area contributed by atoms with Gasteiger partial charge in [0.15, 0.2) is 0 Å². The third-order valence-electron chi connectivity index (χ3n) is 5.87. The lowest BCUT2D eigenvalue weighted by atomic mass is 10.2. The van der Waals surface area contributed by atoms with E-state index in [1.807, 2.05) is 0 Å². The number of carbonyl (C=O) groups excluding carboxylic acids is 2. The summed E-state index contributed by atoms with van der Waals surface area (Å²) in [6.45, 7) is 5.16. The predicted octanol–water partition coefficient (Wildman–Crippen LogP) is 2.09. The Labute approximate surface area is 212 Å². The molecule has 1 N–H and O–H groups in total. The molecule has 0 bridgehead atoms. The maximum Gasteiger partial charge on any atom is 0.338 e. The monoisotopic (exact) mass is 537 g/mol. The molecule has 2 aromatic rings. The van der Waals surface area contributed by atoms with E-state index in [2.05, 4.69) is 5.32 Å². The molecule has 12 heteroatoms. The summed E-state index contributed by atoms with van der Waals surface area (Å²) in [6, 6.07) is 11.2. The lowest BCUT2D eigenvalue weighted by Gasteiger charge is -2.18. The second-order valence-corrected chi connectivity index (χ2v) is 12.0. The minimum atomic E-state index is -3.61. The summed E-state index contributed by atoms with van der Waals surface area (Å²) in [6.07, 6.45) is 1.67. The van der Waals surface area contributed by atoms with Crippen LogP contribution in [-0.2, 0) is 24.8 Å². The first-order valence-corrected chi connectivity index (χ1v) is 14.6. The minimum absolute atomic E-state index is 0.0471. The molecule has 1 aliphatic rings. The Kier molecular flexibility index (Phi) is 9.23. The third-order valence-corrected chi connectivity index (χ3v) is 9.85. The van der Waals surface area contributed by atoms with E-state index in [1.165, 1.54) is 57.1 Å². The van der Waals surface area contributed by atoms with Gasteiger partial charge in [0.25, 0.3) is 5.91 Å². The van der Waals surface area contributed by atoms with Crippen LogP contribution in [0.4, 0.5) is 0 Å². The zero-order valence-corrected chi connectivity index (χ0v) is 22.0. The Balaban J connectivity index is 1.48. The van der Waals surface area contributed by atoms with Crippen LogP contribution in [0, 0.1) is 0 Å². The van der Waals surface area contributed by atoms with Crippen molar-refractivity contribution < 1.29 is 31.2 Å². The first-order valence-electron chi connectivity index (χ1n) is 11.8. The second-order valence-electron chi connectivity index (χ2n) is 8.14. The minimum Gasteiger partial charge on any atom is -0.460 e. The van der Waals surface area contributed by atoms with Crippen LogP contribution in [0.15, 0.2) is 58.3 Å². The van der Waals surface area contributed by atoms with Gasteiger partial charge in [0.1, 0.15) is 6.61 Å². The van der Waals surface area contributed by atoms with Gasteiger partial charge in [0.2, 0.25) is 20.0 Å². The van der Waals surface area contributed by atoms with Crippen LogP contribution < -0.4 is 5.32 Å². The number of hydrogen-bond donors (Lipinski definition) is 1. The SMILES string of the molecule is CCN(CC)S(=O)(=O)c1ccc(C(=O)NCCOC(=O)c2ccc(S(=O)(=O)N3CCCC3)cc2)cc1. The summed E-state index contributed by atoms with van der Waals surface area (Å²) < 4.78 is 58.1. The van der Waals surface area contributed by atoms with Crippen LogP contribution in [0.3, 0.4) is 0 Å². The summed E-state index contributed by atoms with van der Waals surface area (Å²) in [4.78, 5) is 24.8. The molecule has 1 aliphatic heterocycles. The van der Waals surface area contributed by atoms with Crippen LogP contribution >= 0.6 is 0 Å². The summed E-state index contributed by atoms with van der Waals surface area (Å²) >= 11 is 0. The number of sulfonamides is 2. The molecule has 3 rings (SSSR count). The maximum atomic E-state index is 12.6. The molecule has 1 amide bonds. The molecule has 0 atom stereocenters. The standard InChI is InChI=1S/C24H31N3O7S2/c1-3-26(4-2)35(30,31)21-11-7-19(8-12-21)23(28)25-15-18-34-24(29)20-9-13-22(14-10-20)36(32,33)27-16-5-6-17-27/h7-14H,3-6,15-18H2,1-2H3,(H,25,28). The molecule has 0 saturated carbocycles. The van der Waals surface area contributed by atoms with Gasteiger partial charge in [-0.1, -0.05) is 13.8 Å². The summed E-state index contributed by atoms with van der Waals surface area (Å²) in [5.41, 5.74) is 0.473. The first-order chi connectivity index (χ1) is 17.1. The van der Waals surface area contributed by atoms with E-state index >= 15 is 0 Å². The molecule has 1 fully saturated rings. The van der Waals surface area contributed by atoms with Crippen molar-refractivity contribution in [3.63, 3.8) is 0 Å². The Morgan fingerprint density at radius 3 is 1.94 bits per heavy atom. The van der Waals surface area contributed by atoms with Gasteiger partial charge >= 0.3 is 5.97 Å². The zero-order valence-electron chi connectivity index (χ0n) is 20.3. The van der Waals surface area contributed by atoms with Crippen molar-refractivity contribution in [2.45, 2.75) is 36.5 Å². The fourth-order valence-corrected chi connectivity index (χ4v) is 6.80. The highest BCUT2D eigenvalue weighted by atomic mass is 32.2. The van der Waals surface area contributed by atoms with Gasteiger partial charge in [-0.3, -0.25) is 4.79 Å². The number of esters is 1. The van der Waals surface area contributed by atoms with Gasteiger partial charge in [0, 0.05) is 31.7 Å². The zero-order chi connectivity index (χ0) is 26.3. The van der Waals surface area contributed by atoms with Crippen LogP contribution in [0.5, 0.6) is 0 Å². The molecule has 0 aliphatic carbocycles. The number of ether oxygens (including phenoxy) is 1. The average molecular weight is 538 g/mol. The smallest absolute Gasteiger partial charge is 0.338 e. The topological polar surface area (TPSA) is 130 Å². The van der Waals surface area contributed by atoms with Crippen molar-refractivity contribution in [1.82, 2.24) is 13.9 Å². The molecule has 1 heterocycles. The second kappa shape index (κ2) is 12.0. The lowest BCUT2D eigenvalue weighted by Crippen LogP contribution is -2.31. The van der Waals surface area contributed by atoms with Crippen LogP contribution in [0.2, 0.25) is 0 Å². The number of hydrogen-bond acceptors (Lipinski definition) is 7. The van der Waals surface area contributed by atoms with E-state index in [9.17, 15) is 26.4 Å². The molecule has 1 saturated heterocycles. The molecule has 0 aromatic heterocycles. The highest BCUT2D eigenvalue weighted by Gasteiger charge is 2.27. The highest BCUT2D eigenvalue weighted by Crippen LogP contribution is 2.21. The fourth-order valence-electron chi connectivity index (χ4n) is 3.83. The van der Waals surface area contributed by atoms with Gasteiger partial charge in [-0.05, 0) is 61.4 Å². The Bertz CT molecular complexity index is 1180. The van der Waals surface area contributed by atoms with Crippen LogP contribution in [-0.4, -0.2) is 76.7 Å². The van der Waals surface area contributed by atoms with E-state index < -0.39 is 31.9 Å². The fraction of sp³-hybridized carbons (Fsp3) is 0.417. The Hall–Kier alpha value is -2.80. The van der Waals surface area contributed by atoms with Gasteiger partial charge in [-0.15, -0.1) is 0 Å². The Morgan fingerprint density at radius 2 is 1.39 bits per heavy atom. The molecule has 0 unspecified atom stereocenters. The van der Waals surface area contributed by atoms with Crippen molar-refractivity contribution in [3.05, 3.63) is 59.7 Å². The number of nitrogens with one attached hydrogen (secondary N) is 1. The van der Waals surface area contributed by atoms with Crippen molar-refractivity contribution in [2.24, 2.45) is 0 Å². The highest BCUT2D eigenvalue weighted by molar-refractivity contribution is 7.89. The van der Waals surface area contributed by atoms with E-state index in [0.29, 0.717) is 26.2 Å². The maximum absolute atomic E-state index is 12.6. The Morgan fingerprint density at radius 1 is 0.861 bits per heavy atom. The largest absolute Gasteiger partial charge is 0.460 e. The quantitative estimate of drug-likeness (QED) is 0.343. The van der Waals surface area contributed by atoms with Gasteiger partial charge in [-0.2, -0.15) is 8.61 Å². The number of benzene rings is 2. The van der Waals surface area contributed by atoms with E-state index in [0.717, 1.165) is 12.8 Å². The number of amides is 1. The molecule has 36 heavy (non-hydrogen) atoms. The number of rotatable bonds is 11. The van der Waals surface area contributed by atoms with E-state index in [-0.39, 0.29) is 34.1 Å². The first kappa shape index (κ1) is 27.8. The number of nitrogens with zero attached hydrogens (tertiary/aromatic N) is 2. The van der Waals surface area contributed by atoms with Crippen molar-refractivity contribution in [2.75, 3.05) is 39.3 Å². The normalized spacial score (nSPS) is 14.6. The summed E-state index contributed by atoms with van der Waals surface area (Å²) in [7, 11) is -7.17. The molecule has 0 spiro atoms.